The molecule has 0 saturated carbocycles. The average Bonchev–Trinajstić information content (AvgIpc) is 2.41. The van der Waals surface area contributed by atoms with Gasteiger partial charge in [0.15, 0.2) is 0 Å². The Morgan fingerprint density at radius 2 is 1.95 bits per heavy atom. The van der Waals surface area contributed by atoms with Gasteiger partial charge in [0.25, 0.3) is 0 Å². The summed E-state index contributed by atoms with van der Waals surface area (Å²) in [4.78, 5) is 13.1. The number of hydrogen-bond acceptors (Lipinski definition) is 5. The highest BCUT2D eigenvalue weighted by Gasteiger charge is 2.04. The van der Waals surface area contributed by atoms with Crippen LogP contribution in [0.5, 0.6) is 0 Å². The monoisotopic (exact) mass is 265 g/mol. The third kappa shape index (κ3) is 6.38. The molecule has 0 unspecified atom stereocenters. The van der Waals surface area contributed by atoms with E-state index in [4.69, 9.17) is 0 Å². The molecular weight excluding hydrogens is 238 g/mol. The standard InChI is InChI=1S/C14H27N5/c1-5-6-12-19(4)14-16-10-8-13(17-14)15-9-7-11-18(2)3/h8,10H,5-7,9,11-12H2,1-4H3,(H,15,16,17). The highest BCUT2D eigenvalue weighted by molar-refractivity contribution is 5.40. The summed E-state index contributed by atoms with van der Waals surface area (Å²) in [6.45, 7) is 5.21. The molecule has 0 aliphatic carbocycles. The summed E-state index contributed by atoms with van der Waals surface area (Å²) in [5, 5.41) is 3.35. The quantitative estimate of drug-likeness (QED) is 0.693. The van der Waals surface area contributed by atoms with Crippen molar-refractivity contribution < 1.29 is 0 Å². The molecule has 1 aromatic rings. The molecule has 5 nitrogen and oxygen atoms in total. The van der Waals surface area contributed by atoms with Crippen LogP contribution in [0.15, 0.2) is 12.3 Å². The lowest BCUT2D eigenvalue weighted by Crippen LogP contribution is -2.21. The molecule has 5 heteroatoms. The summed E-state index contributed by atoms with van der Waals surface area (Å²) >= 11 is 0. The topological polar surface area (TPSA) is 44.3 Å². The van der Waals surface area contributed by atoms with Gasteiger partial charge in [-0.1, -0.05) is 13.3 Å². The van der Waals surface area contributed by atoms with E-state index in [-0.39, 0.29) is 0 Å². The molecule has 0 radical (unpaired) electrons. The largest absolute Gasteiger partial charge is 0.370 e. The normalized spacial score (nSPS) is 10.8. The van der Waals surface area contributed by atoms with Crippen molar-refractivity contribution in [3.05, 3.63) is 12.3 Å². The molecule has 1 aromatic heterocycles. The second-order valence-electron chi connectivity index (χ2n) is 5.10. The van der Waals surface area contributed by atoms with Gasteiger partial charge in [0.1, 0.15) is 5.82 Å². The molecule has 0 aromatic carbocycles. The summed E-state index contributed by atoms with van der Waals surface area (Å²) in [5.74, 6) is 1.71. The zero-order chi connectivity index (χ0) is 14.1. The van der Waals surface area contributed by atoms with E-state index >= 15 is 0 Å². The number of hydrogen-bond donors (Lipinski definition) is 1. The average molecular weight is 265 g/mol. The molecule has 0 amide bonds. The molecule has 0 atom stereocenters. The lowest BCUT2D eigenvalue weighted by atomic mass is 10.3. The molecule has 0 aliphatic rings. The van der Waals surface area contributed by atoms with Crippen LogP contribution in [0.25, 0.3) is 0 Å². The molecule has 0 aliphatic heterocycles. The van der Waals surface area contributed by atoms with Crippen molar-refractivity contribution in [3.63, 3.8) is 0 Å². The number of aromatic nitrogens is 2. The Morgan fingerprint density at radius 1 is 1.16 bits per heavy atom. The fraction of sp³-hybridized carbons (Fsp3) is 0.714. The maximum atomic E-state index is 4.53. The molecule has 0 bridgehead atoms. The highest BCUT2D eigenvalue weighted by Crippen LogP contribution is 2.10. The van der Waals surface area contributed by atoms with Crippen molar-refractivity contribution in [2.24, 2.45) is 0 Å². The lowest BCUT2D eigenvalue weighted by Gasteiger charge is -2.17. The molecule has 1 N–H and O–H groups in total. The van der Waals surface area contributed by atoms with Gasteiger partial charge in [-0.3, -0.25) is 0 Å². The summed E-state index contributed by atoms with van der Waals surface area (Å²) < 4.78 is 0. The maximum Gasteiger partial charge on any atom is 0.226 e. The summed E-state index contributed by atoms with van der Waals surface area (Å²) in [6, 6.07) is 1.92. The van der Waals surface area contributed by atoms with Crippen LogP contribution >= 0.6 is 0 Å². The fourth-order valence-electron chi connectivity index (χ4n) is 1.74. The van der Waals surface area contributed by atoms with Crippen LogP contribution < -0.4 is 10.2 Å². The van der Waals surface area contributed by atoms with Gasteiger partial charge < -0.3 is 15.1 Å². The van der Waals surface area contributed by atoms with E-state index in [9.17, 15) is 0 Å². The Morgan fingerprint density at radius 3 is 2.63 bits per heavy atom. The van der Waals surface area contributed by atoms with Crippen LogP contribution in [0, 0.1) is 0 Å². The summed E-state index contributed by atoms with van der Waals surface area (Å²) in [5.41, 5.74) is 0. The number of rotatable bonds is 9. The predicted molar refractivity (Wildman–Crippen MR) is 81.9 cm³/mol. The minimum atomic E-state index is 0.797. The van der Waals surface area contributed by atoms with Crippen LogP contribution in [0.1, 0.15) is 26.2 Å². The van der Waals surface area contributed by atoms with Gasteiger partial charge in [0.2, 0.25) is 5.95 Å². The predicted octanol–water partition coefficient (Wildman–Crippen LogP) is 2.08. The third-order valence-corrected chi connectivity index (χ3v) is 2.92. The SMILES string of the molecule is CCCCN(C)c1nccc(NCCCN(C)C)n1. The number of nitrogens with zero attached hydrogens (tertiary/aromatic N) is 4. The second-order valence-corrected chi connectivity index (χ2v) is 5.10. The van der Waals surface area contributed by atoms with Crippen molar-refractivity contribution in [2.45, 2.75) is 26.2 Å². The first-order chi connectivity index (χ1) is 9.13. The molecule has 1 heterocycles. The van der Waals surface area contributed by atoms with Crippen molar-refractivity contribution in [3.8, 4) is 0 Å². The van der Waals surface area contributed by atoms with Gasteiger partial charge in [0.05, 0.1) is 0 Å². The number of anilines is 2. The zero-order valence-electron chi connectivity index (χ0n) is 12.7. The van der Waals surface area contributed by atoms with Crippen LogP contribution in [0.4, 0.5) is 11.8 Å². The Labute approximate surface area is 117 Å². The van der Waals surface area contributed by atoms with E-state index in [0.29, 0.717) is 0 Å². The van der Waals surface area contributed by atoms with E-state index in [1.54, 1.807) is 0 Å². The van der Waals surface area contributed by atoms with Gasteiger partial charge in [-0.25, -0.2) is 4.98 Å². The fourth-order valence-corrected chi connectivity index (χ4v) is 1.74. The van der Waals surface area contributed by atoms with Crippen molar-refractivity contribution >= 4 is 11.8 Å². The zero-order valence-corrected chi connectivity index (χ0v) is 12.7. The second kappa shape index (κ2) is 8.69. The molecule has 1 rings (SSSR count). The minimum Gasteiger partial charge on any atom is -0.370 e. The van der Waals surface area contributed by atoms with Crippen molar-refractivity contribution in [1.82, 2.24) is 14.9 Å². The minimum absolute atomic E-state index is 0.797. The molecule has 0 saturated heterocycles. The van der Waals surface area contributed by atoms with E-state index in [2.05, 4.69) is 46.1 Å². The van der Waals surface area contributed by atoms with Gasteiger partial charge in [-0.05, 0) is 39.5 Å². The van der Waals surface area contributed by atoms with Crippen LogP contribution in [-0.2, 0) is 0 Å². The molecular formula is C14H27N5. The lowest BCUT2D eigenvalue weighted by molar-refractivity contribution is 0.405. The van der Waals surface area contributed by atoms with E-state index in [1.807, 2.05) is 19.3 Å². The Bertz CT molecular complexity index is 353. The molecule has 0 spiro atoms. The first-order valence-corrected chi connectivity index (χ1v) is 7.06. The molecule has 0 fully saturated rings. The van der Waals surface area contributed by atoms with E-state index in [1.165, 1.54) is 12.8 Å². The van der Waals surface area contributed by atoms with Crippen LogP contribution in [0.2, 0.25) is 0 Å². The smallest absolute Gasteiger partial charge is 0.226 e. The summed E-state index contributed by atoms with van der Waals surface area (Å²) in [6.07, 6.45) is 5.28. The van der Waals surface area contributed by atoms with E-state index < -0.39 is 0 Å². The van der Waals surface area contributed by atoms with Gasteiger partial charge in [-0.2, -0.15) is 4.98 Å². The van der Waals surface area contributed by atoms with Crippen LogP contribution in [0.3, 0.4) is 0 Å². The number of nitrogens with one attached hydrogen (secondary N) is 1. The van der Waals surface area contributed by atoms with Crippen molar-refractivity contribution in [1.29, 1.82) is 0 Å². The Kier molecular flexibility index (Phi) is 7.18. The molecule has 19 heavy (non-hydrogen) atoms. The Hall–Kier alpha value is -1.36. The van der Waals surface area contributed by atoms with Gasteiger partial charge in [-0.15, -0.1) is 0 Å². The van der Waals surface area contributed by atoms with Gasteiger partial charge in [0, 0.05) is 26.3 Å². The van der Waals surface area contributed by atoms with Gasteiger partial charge >= 0.3 is 0 Å². The molecule has 108 valence electrons. The third-order valence-electron chi connectivity index (χ3n) is 2.92. The summed E-state index contributed by atoms with van der Waals surface area (Å²) in [7, 11) is 6.22. The first-order valence-electron chi connectivity index (χ1n) is 7.06. The Balaban J connectivity index is 2.43. The highest BCUT2D eigenvalue weighted by atomic mass is 15.2. The van der Waals surface area contributed by atoms with E-state index in [0.717, 1.165) is 37.8 Å². The first kappa shape index (κ1) is 15.7. The van der Waals surface area contributed by atoms with Crippen LogP contribution in [-0.4, -0.2) is 55.6 Å². The number of unbranched alkanes of at least 4 members (excludes halogenated alkanes) is 1. The maximum absolute atomic E-state index is 4.53. The van der Waals surface area contributed by atoms with Crippen molar-refractivity contribution in [2.75, 3.05) is 51.0 Å².